The molecule has 1 rings (SSSR count). The van der Waals surface area contributed by atoms with Crippen LogP contribution in [-0.4, -0.2) is 36.6 Å². The molecule has 0 fully saturated rings. The van der Waals surface area contributed by atoms with E-state index in [0.717, 1.165) is 18.5 Å². The maximum Gasteiger partial charge on any atom is 0.335 e. The third-order valence-electron chi connectivity index (χ3n) is 2.58. The summed E-state index contributed by atoms with van der Waals surface area (Å²) in [5.74, 6) is -1.13. The molecule has 4 heteroatoms. The van der Waals surface area contributed by atoms with Crippen LogP contribution in [0.15, 0.2) is 24.3 Å². The number of aromatic carboxylic acids is 1. The predicted octanol–water partition coefficient (Wildman–Crippen LogP) is 1.94. The Labute approximate surface area is 101 Å². The van der Waals surface area contributed by atoms with Crippen LogP contribution in [0.2, 0.25) is 0 Å². The predicted molar refractivity (Wildman–Crippen MR) is 64.9 cm³/mol. The minimum atomic E-state index is -0.946. The zero-order valence-electron chi connectivity index (χ0n) is 10.1. The lowest BCUT2D eigenvalue weighted by molar-refractivity contribution is 0.0697. The molecule has 0 spiro atoms. The fraction of sp³-hybridized carbons (Fsp3) is 0.385. The number of carboxylic acids is 1. The lowest BCUT2D eigenvalue weighted by atomic mass is 9.96. The van der Waals surface area contributed by atoms with Gasteiger partial charge in [0.25, 0.3) is 0 Å². The van der Waals surface area contributed by atoms with Gasteiger partial charge in [0.15, 0.2) is 0 Å². The third kappa shape index (κ3) is 3.89. The molecule has 0 bridgehead atoms. The molecule has 90 valence electrons. The van der Waals surface area contributed by atoms with Crippen LogP contribution in [0, 0.1) is 11.3 Å². The van der Waals surface area contributed by atoms with Crippen LogP contribution in [-0.2, 0) is 0 Å². The second kappa shape index (κ2) is 6.02. The first-order chi connectivity index (χ1) is 8.04. The molecule has 0 saturated heterocycles. The summed E-state index contributed by atoms with van der Waals surface area (Å²) in [5.41, 5.74) is 1.12. The van der Waals surface area contributed by atoms with Crippen molar-refractivity contribution in [1.29, 1.82) is 5.26 Å². The van der Waals surface area contributed by atoms with Gasteiger partial charge in [0.1, 0.15) is 0 Å². The molecule has 0 heterocycles. The fourth-order valence-corrected chi connectivity index (χ4v) is 1.55. The van der Waals surface area contributed by atoms with Crippen molar-refractivity contribution in [2.24, 2.45) is 0 Å². The Kier molecular flexibility index (Phi) is 4.68. The molecule has 1 atom stereocenters. The van der Waals surface area contributed by atoms with E-state index in [0.29, 0.717) is 0 Å². The van der Waals surface area contributed by atoms with E-state index in [1.165, 1.54) is 12.1 Å². The lowest BCUT2D eigenvalue weighted by Gasteiger charge is -2.13. The minimum absolute atomic E-state index is 0.180. The minimum Gasteiger partial charge on any atom is -0.478 e. The highest BCUT2D eigenvalue weighted by atomic mass is 16.4. The Bertz CT molecular complexity index is 418. The Balaban J connectivity index is 2.76. The van der Waals surface area contributed by atoms with E-state index < -0.39 is 5.97 Å². The van der Waals surface area contributed by atoms with Crippen LogP contribution in [0.25, 0.3) is 0 Å². The van der Waals surface area contributed by atoms with Crippen molar-refractivity contribution in [2.75, 3.05) is 20.6 Å². The summed E-state index contributed by atoms with van der Waals surface area (Å²) < 4.78 is 0. The van der Waals surface area contributed by atoms with Gasteiger partial charge in [0, 0.05) is 0 Å². The normalized spacial score (nSPS) is 12.1. The molecular weight excluding hydrogens is 216 g/mol. The van der Waals surface area contributed by atoms with Crippen LogP contribution in [0.1, 0.15) is 28.3 Å². The quantitative estimate of drug-likeness (QED) is 0.842. The molecule has 0 aromatic heterocycles. The monoisotopic (exact) mass is 232 g/mol. The molecule has 0 radical (unpaired) electrons. The molecule has 0 aliphatic rings. The van der Waals surface area contributed by atoms with Crippen molar-refractivity contribution in [2.45, 2.75) is 12.3 Å². The molecule has 0 saturated carbocycles. The second-order valence-corrected chi connectivity index (χ2v) is 4.20. The largest absolute Gasteiger partial charge is 0.478 e. The first-order valence-electron chi connectivity index (χ1n) is 5.42. The number of benzene rings is 1. The maximum absolute atomic E-state index is 10.7. The summed E-state index contributed by atoms with van der Waals surface area (Å²) in [6.07, 6.45) is 0.746. The van der Waals surface area contributed by atoms with E-state index in [1.807, 2.05) is 19.0 Å². The molecule has 1 aromatic rings. The molecule has 0 aliphatic carbocycles. The van der Waals surface area contributed by atoms with Gasteiger partial charge < -0.3 is 10.0 Å². The number of carboxylic acid groups (broad SMARTS) is 1. The van der Waals surface area contributed by atoms with Crippen LogP contribution >= 0.6 is 0 Å². The molecule has 1 unspecified atom stereocenters. The Morgan fingerprint density at radius 1 is 1.41 bits per heavy atom. The van der Waals surface area contributed by atoms with Gasteiger partial charge in [-0.1, -0.05) is 12.1 Å². The first-order valence-corrected chi connectivity index (χ1v) is 5.42. The topological polar surface area (TPSA) is 64.3 Å². The van der Waals surface area contributed by atoms with Crippen LogP contribution < -0.4 is 0 Å². The van der Waals surface area contributed by atoms with Gasteiger partial charge in [-0.3, -0.25) is 0 Å². The third-order valence-corrected chi connectivity index (χ3v) is 2.58. The van der Waals surface area contributed by atoms with E-state index in [2.05, 4.69) is 6.07 Å². The van der Waals surface area contributed by atoms with Crippen molar-refractivity contribution in [3.63, 3.8) is 0 Å². The summed E-state index contributed by atoms with van der Waals surface area (Å²) in [6.45, 7) is 0.832. The standard InChI is InChI=1S/C13H16N2O2/c1-15(2)8-7-12(9-14)10-3-5-11(6-4-10)13(16)17/h3-6,12H,7-8H2,1-2H3,(H,16,17). The Hall–Kier alpha value is -1.86. The number of rotatable bonds is 5. The smallest absolute Gasteiger partial charge is 0.335 e. The van der Waals surface area contributed by atoms with Gasteiger partial charge in [-0.2, -0.15) is 5.26 Å². The highest BCUT2D eigenvalue weighted by Gasteiger charge is 2.11. The molecule has 1 aromatic carbocycles. The average Bonchev–Trinajstić information content (AvgIpc) is 2.30. The summed E-state index contributed by atoms with van der Waals surface area (Å²) in [6, 6.07) is 8.76. The number of nitrogens with zero attached hydrogens (tertiary/aromatic N) is 2. The van der Waals surface area contributed by atoms with Gasteiger partial charge in [-0.25, -0.2) is 4.79 Å². The summed E-state index contributed by atoms with van der Waals surface area (Å²) >= 11 is 0. The van der Waals surface area contributed by atoms with Crippen LogP contribution in [0.5, 0.6) is 0 Å². The first kappa shape index (κ1) is 13.2. The van der Waals surface area contributed by atoms with E-state index in [9.17, 15) is 4.79 Å². The number of hydrogen-bond donors (Lipinski definition) is 1. The van der Waals surface area contributed by atoms with Gasteiger partial charge >= 0.3 is 5.97 Å². The van der Waals surface area contributed by atoms with Crippen molar-refractivity contribution in [3.8, 4) is 6.07 Å². The number of nitriles is 1. The SMILES string of the molecule is CN(C)CCC(C#N)c1ccc(C(=O)O)cc1. The molecule has 4 nitrogen and oxygen atoms in total. The van der Waals surface area contributed by atoms with Crippen LogP contribution in [0.3, 0.4) is 0 Å². The van der Waals surface area contributed by atoms with E-state index >= 15 is 0 Å². The molecule has 0 aliphatic heterocycles. The summed E-state index contributed by atoms with van der Waals surface area (Å²) in [4.78, 5) is 12.7. The van der Waals surface area contributed by atoms with E-state index in [-0.39, 0.29) is 11.5 Å². The molecule has 1 N–H and O–H groups in total. The van der Waals surface area contributed by atoms with Crippen molar-refractivity contribution in [3.05, 3.63) is 35.4 Å². The zero-order valence-corrected chi connectivity index (χ0v) is 10.1. The summed E-state index contributed by atoms with van der Waals surface area (Å²) in [7, 11) is 3.92. The van der Waals surface area contributed by atoms with E-state index in [4.69, 9.17) is 10.4 Å². The van der Waals surface area contributed by atoms with Gasteiger partial charge in [-0.05, 0) is 44.8 Å². The van der Waals surface area contributed by atoms with Crippen LogP contribution in [0.4, 0.5) is 0 Å². The van der Waals surface area contributed by atoms with Crippen molar-refractivity contribution < 1.29 is 9.90 Å². The summed E-state index contributed by atoms with van der Waals surface area (Å²) in [5, 5.41) is 17.9. The van der Waals surface area contributed by atoms with Crippen molar-refractivity contribution in [1.82, 2.24) is 4.90 Å². The van der Waals surface area contributed by atoms with Crippen molar-refractivity contribution >= 4 is 5.97 Å². The fourth-order valence-electron chi connectivity index (χ4n) is 1.55. The maximum atomic E-state index is 10.7. The van der Waals surface area contributed by atoms with E-state index in [1.54, 1.807) is 12.1 Å². The van der Waals surface area contributed by atoms with Gasteiger partial charge in [0.05, 0.1) is 17.6 Å². The second-order valence-electron chi connectivity index (χ2n) is 4.20. The van der Waals surface area contributed by atoms with Gasteiger partial charge in [0.2, 0.25) is 0 Å². The highest BCUT2D eigenvalue weighted by molar-refractivity contribution is 5.87. The zero-order chi connectivity index (χ0) is 12.8. The number of hydrogen-bond acceptors (Lipinski definition) is 3. The molecular formula is C13H16N2O2. The highest BCUT2D eigenvalue weighted by Crippen LogP contribution is 2.19. The molecule has 17 heavy (non-hydrogen) atoms. The number of carbonyl (C=O) groups is 1. The average molecular weight is 232 g/mol. The molecule has 0 amide bonds. The Morgan fingerprint density at radius 2 is 2.00 bits per heavy atom. The Morgan fingerprint density at radius 3 is 2.41 bits per heavy atom. The lowest BCUT2D eigenvalue weighted by Crippen LogP contribution is -2.15. The van der Waals surface area contributed by atoms with Gasteiger partial charge in [-0.15, -0.1) is 0 Å².